The summed E-state index contributed by atoms with van der Waals surface area (Å²) >= 11 is 1.11. The third kappa shape index (κ3) is 1.00. The SMILES string of the molecule is C[SH]=c1[nH]c(N)nc2nc[nH]c12. The monoisotopic (exact) mass is 183 g/mol. The van der Waals surface area contributed by atoms with Crippen LogP contribution in [0.2, 0.25) is 0 Å². The number of nitrogens with two attached hydrogens (primary N) is 1. The van der Waals surface area contributed by atoms with Crippen molar-refractivity contribution in [1.29, 1.82) is 0 Å². The van der Waals surface area contributed by atoms with E-state index in [0.717, 1.165) is 21.5 Å². The Morgan fingerprint density at radius 3 is 3.17 bits per heavy atom. The minimum absolute atomic E-state index is 0.402. The lowest BCUT2D eigenvalue weighted by Gasteiger charge is -1.93. The first-order chi connectivity index (χ1) is 5.81. The van der Waals surface area contributed by atoms with E-state index in [0.29, 0.717) is 11.6 Å². The van der Waals surface area contributed by atoms with E-state index in [2.05, 4.69) is 19.9 Å². The van der Waals surface area contributed by atoms with Crippen molar-refractivity contribution < 1.29 is 0 Å². The maximum absolute atomic E-state index is 5.53. The largest absolute Gasteiger partial charge is 0.369 e. The van der Waals surface area contributed by atoms with Gasteiger partial charge in [0.2, 0.25) is 0 Å². The number of aromatic nitrogens is 4. The zero-order chi connectivity index (χ0) is 8.55. The Labute approximate surface area is 72.0 Å². The van der Waals surface area contributed by atoms with Crippen LogP contribution in [0.1, 0.15) is 0 Å². The number of anilines is 1. The van der Waals surface area contributed by atoms with Crippen molar-refractivity contribution in [2.45, 2.75) is 0 Å². The molecular weight excluding hydrogens is 174 g/mol. The molecule has 64 valence electrons. The molecule has 4 N–H and O–H groups in total. The number of rotatable bonds is 0. The van der Waals surface area contributed by atoms with Crippen LogP contribution in [0.3, 0.4) is 0 Å². The summed E-state index contributed by atoms with van der Waals surface area (Å²) in [5, 5.41) is 0. The smallest absolute Gasteiger partial charge is 0.200 e. The third-order valence-corrected chi connectivity index (χ3v) is 2.34. The summed E-state index contributed by atoms with van der Waals surface area (Å²) in [7, 11) is 0. The number of nitrogen functional groups attached to an aromatic ring is 1. The van der Waals surface area contributed by atoms with E-state index < -0.39 is 0 Å². The van der Waals surface area contributed by atoms with Crippen LogP contribution in [0.5, 0.6) is 0 Å². The maximum atomic E-state index is 5.53. The van der Waals surface area contributed by atoms with E-state index >= 15 is 0 Å². The van der Waals surface area contributed by atoms with E-state index in [4.69, 9.17) is 5.73 Å². The predicted octanol–water partition coefficient (Wildman–Crippen LogP) is 0.495. The van der Waals surface area contributed by atoms with Crippen molar-refractivity contribution >= 4 is 28.5 Å². The number of H-pyrrole nitrogens is 2. The van der Waals surface area contributed by atoms with Gasteiger partial charge in [0.15, 0.2) is 11.6 Å². The molecule has 0 radical (unpaired) electrons. The molecule has 0 spiro atoms. The van der Waals surface area contributed by atoms with Crippen molar-refractivity contribution in [1.82, 2.24) is 19.9 Å². The molecule has 2 aromatic rings. The standard InChI is InChI=1S/C6H9N5S/c1-12-5-3-4(9-2-8-3)10-6(7)11-5/h2,12H,1H3,(H,8,9)(H3,7,10,11). The van der Waals surface area contributed by atoms with Gasteiger partial charge < -0.3 is 15.7 Å². The zero-order valence-electron chi connectivity index (χ0n) is 6.50. The fourth-order valence-corrected chi connectivity index (χ4v) is 1.65. The van der Waals surface area contributed by atoms with Crippen LogP contribution in [0, 0.1) is 4.64 Å². The average Bonchev–Trinajstić information content (AvgIpc) is 2.50. The lowest BCUT2D eigenvalue weighted by molar-refractivity contribution is 1.20. The lowest BCUT2D eigenvalue weighted by Crippen LogP contribution is -1.95. The minimum atomic E-state index is 0.402. The molecule has 0 aromatic carbocycles. The van der Waals surface area contributed by atoms with Crippen LogP contribution in [-0.2, 0) is 0 Å². The van der Waals surface area contributed by atoms with Crippen LogP contribution in [0.15, 0.2) is 6.33 Å². The summed E-state index contributed by atoms with van der Waals surface area (Å²) < 4.78 is 1.01. The van der Waals surface area contributed by atoms with Gasteiger partial charge in [-0.3, -0.25) is 0 Å². The maximum Gasteiger partial charge on any atom is 0.200 e. The number of nitrogens with zero attached hydrogens (tertiary/aromatic N) is 2. The van der Waals surface area contributed by atoms with Gasteiger partial charge in [0.05, 0.1) is 11.0 Å². The molecule has 0 aliphatic rings. The Bertz CT molecular complexity index is 468. The topological polar surface area (TPSA) is 83.4 Å². The van der Waals surface area contributed by atoms with E-state index in [1.165, 1.54) is 0 Å². The molecule has 2 rings (SSSR count). The summed E-state index contributed by atoms with van der Waals surface area (Å²) in [6.07, 6.45) is 3.63. The second-order valence-corrected chi connectivity index (χ2v) is 3.19. The first-order valence-electron chi connectivity index (χ1n) is 3.43. The van der Waals surface area contributed by atoms with Crippen LogP contribution < -0.4 is 5.73 Å². The highest BCUT2D eigenvalue weighted by Crippen LogP contribution is 2.09. The first kappa shape index (κ1) is 7.35. The van der Waals surface area contributed by atoms with E-state index in [1.807, 2.05) is 6.26 Å². The van der Waals surface area contributed by atoms with Gasteiger partial charge in [0.25, 0.3) is 0 Å². The minimum Gasteiger partial charge on any atom is -0.369 e. The molecule has 0 aliphatic heterocycles. The fraction of sp³-hybridized carbons (Fsp3) is 0.167. The number of fused-ring (bicyclic) bond motifs is 1. The number of hydrogen-bond acceptors (Lipinski definition) is 3. The van der Waals surface area contributed by atoms with Gasteiger partial charge in [0, 0.05) is 0 Å². The van der Waals surface area contributed by atoms with Crippen LogP contribution in [0.4, 0.5) is 5.95 Å². The predicted molar refractivity (Wildman–Crippen MR) is 50.8 cm³/mol. The van der Waals surface area contributed by atoms with Crippen molar-refractivity contribution in [3.8, 4) is 0 Å². The molecule has 2 heterocycles. The van der Waals surface area contributed by atoms with Crippen molar-refractivity contribution in [3.05, 3.63) is 11.0 Å². The van der Waals surface area contributed by atoms with Gasteiger partial charge in [0.1, 0.15) is 5.52 Å². The van der Waals surface area contributed by atoms with Crippen LogP contribution in [-0.4, -0.2) is 26.2 Å². The van der Waals surface area contributed by atoms with Gasteiger partial charge in [-0.25, -0.2) is 4.98 Å². The van der Waals surface area contributed by atoms with Crippen molar-refractivity contribution in [3.63, 3.8) is 0 Å². The molecule has 0 saturated carbocycles. The Morgan fingerprint density at radius 2 is 2.42 bits per heavy atom. The highest BCUT2D eigenvalue weighted by molar-refractivity contribution is 7.90. The van der Waals surface area contributed by atoms with Gasteiger partial charge >= 0.3 is 0 Å². The van der Waals surface area contributed by atoms with Gasteiger partial charge in [-0.2, -0.15) is 16.3 Å². The highest BCUT2D eigenvalue weighted by atomic mass is 32.1. The van der Waals surface area contributed by atoms with Crippen molar-refractivity contribution in [2.24, 2.45) is 0 Å². The first-order valence-corrected chi connectivity index (χ1v) is 4.77. The quantitative estimate of drug-likeness (QED) is 0.354. The Hall–Kier alpha value is -1.30. The van der Waals surface area contributed by atoms with Gasteiger partial charge in [-0.15, -0.1) is 0 Å². The number of thiol groups is 1. The summed E-state index contributed by atoms with van der Waals surface area (Å²) in [6, 6.07) is 0. The molecule has 12 heavy (non-hydrogen) atoms. The lowest BCUT2D eigenvalue weighted by atomic mass is 10.6. The highest BCUT2D eigenvalue weighted by Gasteiger charge is 1.99. The average molecular weight is 183 g/mol. The van der Waals surface area contributed by atoms with Crippen LogP contribution in [0.25, 0.3) is 11.2 Å². The molecule has 0 amide bonds. The van der Waals surface area contributed by atoms with Crippen molar-refractivity contribution in [2.75, 3.05) is 12.0 Å². The second kappa shape index (κ2) is 2.63. The molecule has 0 fully saturated rings. The molecule has 0 unspecified atom stereocenters. The molecular formula is C6H9N5S. The summed E-state index contributed by atoms with van der Waals surface area (Å²) in [5.74, 6) is 0.402. The van der Waals surface area contributed by atoms with Gasteiger partial charge in [-0.05, 0) is 6.26 Å². The fourth-order valence-electron chi connectivity index (χ4n) is 1.04. The Balaban J connectivity index is 2.99. The third-order valence-electron chi connectivity index (χ3n) is 1.55. The molecule has 6 heteroatoms. The van der Waals surface area contributed by atoms with Crippen LogP contribution >= 0.6 is 11.4 Å². The molecule has 5 nitrogen and oxygen atoms in total. The summed E-state index contributed by atoms with van der Waals surface area (Å²) in [5.41, 5.74) is 7.12. The Kier molecular flexibility index (Phi) is 1.61. The molecule has 0 saturated heterocycles. The number of hydrogen-bond donors (Lipinski definition) is 4. The second-order valence-electron chi connectivity index (χ2n) is 2.30. The normalized spacial score (nSPS) is 13.2. The Morgan fingerprint density at radius 1 is 1.58 bits per heavy atom. The van der Waals surface area contributed by atoms with E-state index in [1.54, 1.807) is 6.33 Å². The number of imidazole rings is 1. The van der Waals surface area contributed by atoms with Gasteiger partial charge in [-0.1, -0.05) is 0 Å². The summed E-state index contributed by atoms with van der Waals surface area (Å²) in [4.78, 5) is 14.0. The molecule has 0 atom stereocenters. The number of nitrogens with one attached hydrogen (secondary N) is 2. The zero-order valence-corrected chi connectivity index (χ0v) is 7.39. The van der Waals surface area contributed by atoms with E-state index in [-0.39, 0.29) is 0 Å². The molecule has 0 bridgehead atoms. The molecule has 2 aromatic heterocycles. The number of aromatic amines is 2. The van der Waals surface area contributed by atoms with E-state index in [9.17, 15) is 0 Å². The molecule has 0 aliphatic carbocycles. The summed E-state index contributed by atoms with van der Waals surface area (Å²) in [6.45, 7) is 0.